The first-order chi connectivity index (χ1) is 14.4. The Bertz CT molecular complexity index is 1300. The van der Waals surface area contributed by atoms with Crippen molar-refractivity contribution in [2.75, 3.05) is 5.32 Å². The molecule has 4 rings (SSSR count). The predicted octanol–water partition coefficient (Wildman–Crippen LogP) is 2.61. The molecular weight excluding hydrogens is 418 g/mol. The van der Waals surface area contributed by atoms with E-state index in [0.717, 1.165) is 28.3 Å². The third-order valence-corrected chi connectivity index (χ3v) is 4.51. The standard InChI is InChI=1S/C19H13ClF2N6O2/c20-12-3-1-11(2-4-12)8-28-18-17(25-26-28)19(30)27(10-23-18)9-16(29)24-15-7-13(21)5-6-14(15)22/h1-7,10H,8-9H2,(H,24,29). The monoisotopic (exact) mass is 430 g/mol. The summed E-state index contributed by atoms with van der Waals surface area (Å²) < 4.78 is 29.4. The summed E-state index contributed by atoms with van der Waals surface area (Å²) in [7, 11) is 0. The van der Waals surface area contributed by atoms with Crippen LogP contribution < -0.4 is 10.9 Å². The van der Waals surface area contributed by atoms with Gasteiger partial charge in [-0.05, 0) is 29.8 Å². The van der Waals surface area contributed by atoms with Crippen LogP contribution in [0.2, 0.25) is 5.02 Å². The molecule has 1 amide bonds. The van der Waals surface area contributed by atoms with Crippen LogP contribution in [0.5, 0.6) is 0 Å². The Morgan fingerprint density at radius 1 is 1.13 bits per heavy atom. The second-order valence-electron chi connectivity index (χ2n) is 6.40. The van der Waals surface area contributed by atoms with E-state index in [4.69, 9.17) is 11.6 Å². The van der Waals surface area contributed by atoms with Crippen LogP contribution in [-0.2, 0) is 17.9 Å². The number of carbonyl (C=O) groups is 1. The van der Waals surface area contributed by atoms with Gasteiger partial charge >= 0.3 is 0 Å². The molecule has 30 heavy (non-hydrogen) atoms. The van der Waals surface area contributed by atoms with Crippen molar-refractivity contribution in [1.29, 1.82) is 0 Å². The zero-order valence-corrected chi connectivity index (χ0v) is 16.0. The molecule has 0 saturated carbocycles. The van der Waals surface area contributed by atoms with E-state index < -0.39 is 29.6 Å². The molecular formula is C19H13ClF2N6O2. The maximum Gasteiger partial charge on any atom is 0.283 e. The van der Waals surface area contributed by atoms with Gasteiger partial charge < -0.3 is 5.32 Å². The van der Waals surface area contributed by atoms with Gasteiger partial charge in [0.2, 0.25) is 5.91 Å². The fourth-order valence-corrected chi connectivity index (χ4v) is 2.93. The van der Waals surface area contributed by atoms with E-state index >= 15 is 0 Å². The molecule has 2 aromatic carbocycles. The Morgan fingerprint density at radius 3 is 2.67 bits per heavy atom. The number of carbonyl (C=O) groups excluding carboxylic acids is 1. The maximum absolute atomic E-state index is 13.7. The molecule has 0 spiro atoms. The molecule has 11 heteroatoms. The van der Waals surface area contributed by atoms with Crippen molar-refractivity contribution >= 4 is 34.4 Å². The molecule has 0 aliphatic heterocycles. The molecule has 2 aromatic heterocycles. The largest absolute Gasteiger partial charge is 0.322 e. The maximum atomic E-state index is 13.7. The normalized spacial score (nSPS) is 11.0. The molecule has 0 atom stereocenters. The van der Waals surface area contributed by atoms with Crippen LogP contribution >= 0.6 is 11.6 Å². The van der Waals surface area contributed by atoms with Gasteiger partial charge in [0.25, 0.3) is 5.56 Å². The number of rotatable bonds is 5. The smallest absolute Gasteiger partial charge is 0.283 e. The van der Waals surface area contributed by atoms with Crippen LogP contribution in [0.25, 0.3) is 11.2 Å². The van der Waals surface area contributed by atoms with Crippen LogP contribution in [0.15, 0.2) is 53.6 Å². The summed E-state index contributed by atoms with van der Waals surface area (Å²) in [6.07, 6.45) is 1.17. The topological polar surface area (TPSA) is 94.7 Å². The molecule has 0 bridgehead atoms. The van der Waals surface area contributed by atoms with Crippen LogP contribution in [0.3, 0.4) is 0 Å². The van der Waals surface area contributed by atoms with Gasteiger partial charge in [-0.1, -0.05) is 28.9 Å². The summed E-state index contributed by atoms with van der Waals surface area (Å²) in [5.41, 5.74) is 0.209. The summed E-state index contributed by atoms with van der Waals surface area (Å²) in [6, 6.07) is 9.76. The molecule has 2 heterocycles. The lowest BCUT2D eigenvalue weighted by Crippen LogP contribution is -2.28. The highest BCUT2D eigenvalue weighted by molar-refractivity contribution is 6.30. The van der Waals surface area contributed by atoms with E-state index in [1.807, 2.05) is 12.1 Å². The molecule has 0 aliphatic carbocycles. The minimum Gasteiger partial charge on any atom is -0.322 e. The highest BCUT2D eigenvalue weighted by Gasteiger charge is 2.15. The minimum absolute atomic E-state index is 0.0174. The van der Waals surface area contributed by atoms with E-state index in [-0.39, 0.29) is 16.9 Å². The molecule has 0 fully saturated rings. The molecule has 0 saturated heterocycles. The van der Waals surface area contributed by atoms with E-state index in [1.165, 1.54) is 11.0 Å². The molecule has 0 unspecified atom stereocenters. The second-order valence-corrected chi connectivity index (χ2v) is 6.83. The summed E-state index contributed by atoms with van der Waals surface area (Å²) >= 11 is 5.87. The number of nitrogens with zero attached hydrogens (tertiary/aromatic N) is 5. The number of hydrogen-bond acceptors (Lipinski definition) is 5. The lowest BCUT2D eigenvalue weighted by atomic mass is 10.2. The Labute approximate surface area is 172 Å². The first kappa shape index (κ1) is 19.6. The van der Waals surface area contributed by atoms with Gasteiger partial charge in [0.05, 0.1) is 12.2 Å². The van der Waals surface area contributed by atoms with Crippen LogP contribution in [0.4, 0.5) is 14.5 Å². The lowest BCUT2D eigenvalue weighted by Gasteiger charge is -2.08. The van der Waals surface area contributed by atoms with Crippen molar-refractivity contribution < 1.29 is 13.6 Å². The van der Waals surface area contributed by atoms with Crippen molar-refractivity contribution in [2.45, 2.75) is 13.1 Å². The minimum atomic E-state index is -0.796. The molecule has 8 nitrogen and oxygen atoms in total. The van der Waals surface area contributed by atoms with Crippen molar-refractivity contribution in [3.05, 3.63) is 81.4 Å². The Kier molecular flexibility index (Phi) is 5.23. The summed E-state index contributed by atoms with van der Waals surface area (Å²) in [5.74, 6) is -2.23. The Balaban J connectivity index is 1.55. The molecule has 152 valence electrons. The number of anilines is 1. The summed E-state index contributed by atoms with van der Waals surface area (Å²) in [6.45, 7) is -0.134. The molecule has 0 radical (unpaired) electrons. The van der Waals surface area contributed by atoms with Crippen molar-refractivity contribution in [3.63, 3.8) is 0 Å². The number of nitrogens with one attached hydrogen (secondary N) is 1. The summed E-state index contributed by atoms with van der Waals surface area (Å²) in [4.78, 5) is 29.0. The van der Waals surface area contributed by atoms with Crippen LogP contribution in [0.1, 0.15) is 5.56 Å². The first-order valence-corrected chi connectivity index (χ1v) is 9.06. The van der Waals surface area contributed by atoms with E-state index in [2.05, 4.69) is 20.6 Å². The van der Waals surface area contributed by atoms with E-state index in [9.17, 15) is 18.4 Å². The van der Waals surface area contributed by atoms with Crippen molar-refractivity contribution in [1.82, 2.24) is 24.5 Å². The zero-order chi connectivity index (χ0) is 21.3. The molecule has 1 N–H and O–H groups in total. The average molecular weight is 431 g/mol. The highest BCUT2D eigenvalue weighted by Crippen LogP contribution is 2.15. The number of halogens is 3. The fraction of sp³-hybridized carbons (Fsp3) is 0.105. The Morgan fingerprint density at radius 2 is 1.90 bits per heavy atom. The average Bonchev–Trinajstić information content (AvgIpc) is 3.12. The fourth-order valence-electron chi connectivity index (χ4n) is 2.81. The summed E-state index contributed by atoms with van der Waals surface area (Å²) in [5, 5.41) is 10.6. The first-order valence-electron chi connectivity index (χ1n) is 8.68. The third-order valence-electron chi connectivity index (χ3n) is 4.25. The SMILES string of the molecule is O=C(Cn1cnc2c(nnn2Cc2ccc(Cl)cc2)c1=O)Nc1cc(F)ccc1F. The van der Waals surface area contributed by atoms with Crippen LogP contribution in [-0.4, -0.2) is 30.5 Å². The zero-order valence-electron chi connectivity index (χ0n) is 15.2. The predicted molar refractivity (Wildman–Crippen MR) is 105 cm³/mol. The van der Waals surface area contributed by atoms with Gasteiger partial charge in [0.15, 0.2) is 11.2 Å². The number of benzene rings is 2. The van der Waals surface area contributed by atoms with Gasteiger partial charge in [-0.2, -0.15) is 0 Å². The van der Waals surface area contributed by atoms with Gasteiger partial charge in [-0.25, -0.2) is 18.4 Å². The van der Waals surface area contributed by atoms with Gasteiger partial charge in [-0.15, -0.1) is 5.10 Å². The van der Waals surface area contributed by atoms with Crippen molar-refractivity contribution in [2.24, 2.45) is 0 Å². The van der Waals surface area contributed by atoms with Gasteiger partial charge in [-0.3, -0.25) is 14.2 Å². The van der Waals surface area contributed by atoms with Crippen molar-refractivity contribution in [3.8, 4) is 0 Å². The molecule has 4 aromatic rings. The number of fused-ring (bicyclic) bond motifs is 1. The Hall–Kier alpha value is -3.66. The number of amides is 1. The van der Waals surface area contributed by atoms with Crippen LogP contribution in [0, 0.1) is 11.6 Å². The highest BCUT2D eigenvalue weighted by atomic mass is 35.5. The third kappa shape index (κ3) is 4.03. The molecule has 0 aliphatic rings. The van der Waals surface area contributed by atoms with Gasteiger partial charge in [0, 0.05) is 11.1 Å². The number of aromatic nitrogens is 5. The van der Waals surface area contributed by atoms with E-state index in [0.29, 0.717) is 11.6 Å². The number of hydrogen-bond donors (Lipinski definition) is 1. The van der Waals surface area contributed by atoms with Gasteiger partial charge in [0.1, 0.15) is 24.5 Å². The lowest BCUT2D eigenvalue weighted by molar-refractivity contribution is -0.116. The van der Waals surface area contributed by atoms with E-state index in [1.54, 1.807) is 12.1 Å². The second kappa shape index (κ2) is 7.99. The quantitative estimate of drug-likeness (QED) is 0.525.